The second-order valence-corrected chi connectivity index (χ2v) is 5.64. The Hall–Kier alpha value is -2.53. The van der Waals surface area contributed by atoms with Crippen molar-refractivity contribution in [3.8, 4) is 6.07 Å². The number of hydrogen-bond acceptors (Lipinski definition) is 3. The van der Waals surface area contributed by atoms with Gasteiger partial charge >= 0.3 is 6.18 Å². The molecule has 0 heterocycles. The molecule has 2 N–H and O–H groups in total. The lowest BCUT2D eigenvalue weighted by atomic mass is 10.2. The van der Waals surface area contributed by atoms with Crippen LogP contribution in [-0.2, 0) is 11.0 Å². The molecule has 2 aromatic carbocycles. The van der Waals surface area contributed by atoms with Gasteiger partial charge in [-0.25, -0.2) is 0 Å². The van der Waals surface area contributed by atoms with Crippen molar-refractivity contribution in [1.29, 1.82) is 5.26 Å². The second kappa shape index (κ2) is 7.36. The topological polar surface area (TPSA) is 64.9 Å². The minimum atomic E-state index is -4.48. The molecule has 0 saturated carbocycles. The molecule has 124 valence electrons. The molecule has 0 atom stereocenters. The van der Waals surface area contributed by atoms with Crippen molar-refractivity contribution >= 4 is 33.2 Å². The Balaban J connectivity index is 1.97. The van der Waals surface area contributed by atoms with Gasteiger partial charge in [-0.3, -0.25) is 4.79 Å². The summed E-state index contributed by atoms with van der Waals surface area (Å²) in [5, 5.41) is 13.9. The maximum absolute atomic E-state index is 12.8. The molecule has 2 aromatic rings. The van der Waals surface area contributed by atoms with Crippen molar-refractivity contribution in [3.63, 3.8) is 0 Å². The third-order valence-corrected chi connectivity index (χ3v) is 3.71. The van der Waals surface area contributed by atoms with Crippen molar-refractivity contribution in [2.75, 3.05) is 17.2 Å². The van der Waals surface area contributed by atoms with Crippen molar-refractivity contribution in [2.24, 2.45) is 0 Å². The molecule has 0 spiro atoms. The smallest absolute Gasteiger partial charge is 0.376 e. The summed E-state index contributed by atoms with van der Waals surface area (Å²) in [5.74, 6) is -0.420. The van der Waals surface area contributed by atoms with Crippen LogP contribution in [0, 0.1) is 11.3 Å². The summed E-state index contributed by atoms with van der Waals surface area (Å²) >= 11 is 2.85. The van der Waals surface area contributed by atoms with Gasteiger partial charge in [0.15, 0.2) is 0 Å². The minimum absolute atomic E-state index is 0.0671. The van der Waals surface area contributed by atoms with E-state index in [4.69, 9.17) is 5.26 Å². The van der Waals surface area contributed by atoms with Crippen LogP contribution in [0.2, 0.25) is 0 Å². The Kier molecular flexibility index (Phi) is 5.46. The fraction of sp³-hybridized carbons (Fsp3) is 0.125. The van der Waals surface area contributed by atoms with Gasteiger partial charge in [0, 0.05) is 15.8 Å². The number of carbonyl (C=O) groups excluding carboxylic acids is 1. The third kappa shape index (κ3) is 4.73. The van der Waals surface area contributed by atoms with Crippen molar-refractivity contribution < 1.29 is 18.0 Å². The fourth-order valence-corrected chi connectivity index (χ4v) is 2.34. The molecule has 0 aromatic heterocycles. The fourth-order valence-electron chi connectivity index (χ4n) is 1.87. The van der Waals surface area contributed by atoms with E-state index < -0.39 is 17.6 Å². The highest BCUT2D eigenvalue weighted by molar-refractivity contribution is 9.10. The number of nitrogens with zero attached hydrogens (tertiary/aromatic N) is 1. The number of hydrogen-bond donors (Lipinski definition) is 2. The number of rotatable bonds is 4. The van der Waals surface area contributed by atoms with Gasteiger partial charge in [0.25, 0.3) is 0 Å². The molecule has 0 bridgehead atoms. The largest absolute Gasteiger partial charge is 0.417 e. The van der Waals surface area contributed by atoms with Gasteiger partial charge in [-0.2, -0.15) is 18.4 Å². The molecule has 1 amide bonds. The van der Waals surface area contributed by atoms with Crippen molar-refractivity contribution in [3.05, 3.63) is 58.1 Å². The van der Waals surface area contributed by atoms with Crippen LogP contribution in [0.15, 0.2) is 46.9 Å². The summed E-state index contributed by atoms with van der Waals surface area (Å²) in [6, 6.07) is 11.8. The Bertz CT molecular complexity index is 783. The van der Waals surface area contributed by atoms with Crippen LogP contribution in [0.1, 0.15) is 11.1 Å². The minimum Gasteiger partial charge on any atom is -0.376 e. The van der Waals surface area contributed by atoms with E-state index in [1.807, 2.05) is 6.07 Å². The zero-order chi connectivity index (χ0) is 17.7. The molecule has 0 aliphatic carbocycles. The highest BCUT2D eigenvalue weighted by Gasteiger charge is 2.33. The lowest BCUT2D eigenvalue weighted by molar-refractivity contribution is -0.138. The van der Waals surface area contributed by atoms with Crippen LogP contribution in [0.5, 0.6) is 0 Å². The normalized spacial score (nSPS) is 10.8. The first-order valence-electron chi connectivity index (χ1n) is 6.70. The Labute approximate surface area is 144 Å². The first-order chi connectivity index (χ1) is 11.3. The highest BCUT2D eigenvalue weighted by Crippen LogP contribution is 2.36. The lowest BCUT2D eigenvalue weighted by Gasteiger charge is -2.12. The molecule has 0 aliphatic rings. The van der Waals surface area contributed by atoms with E-state index in [-0.39, 0.29) is 16.7 Å². The van der Waals surface area contributed by atoms with E-state index in [1.165, 1.54) is 12.1 Å². The second-order valence-electron chi connectivity index (χ2n) is 4.78. The average Bonchev–Trinajstić information content (AvgIpc) is 2.53. The van der Waals surface area contributed by atoms with Gasteiger partial charge < -0.3 is 10.6 Å². The van der Waals surface area contributed by atoms with Gasteiger partial charge in [0.1, 0.15) is 0 Å². The van der Waals surface area contributed by atoms with Crippen molar-refractivity contribution in [1.82, 2.24) is 0 Å². The molecular formula is C16H11BrF3N3O. The first kappa shape index (κ1) is 17.8. The molecule has 0 saturated heterocycles. The van der Waals surface area contributed by atoms with E-state index in [9.17, 15) is 18.0 Å². The van der Waals surface area contributed by atoms with Crippen LogP contribution < -0.4 is 10.6 Å². The third-order valence-electron chi connectivity index (χ3n) is 3.02. The summed E-state index contributed by atoms with van der Waals surface area (Å²) < 4.78 is 38.4. The Morgan fingerprint density at radius 1 is 1.12 bits per heavy atom. The van der Waals surface area contributed by atoms with Crippen molar-refractivity contribution in [2.45, 2.75) is 6.18 Å². The lowest BCUT2D eigenvalue weighted by Crippen LogP contribution is -2.22. The molecule has 0 aliphatic heterocycles. The van der Waals surface area contributed by atoms with E-state index in [2.05, 4.69) is 26.6 Å². The zero-order valence-corrected chi connectivity index (χ0v) is 13.7. The van der Waals surface area contributed by atoms with Crippen LogP contribution in [-0.4, -0.2) is 12.5 Å². The molecule has 0 radical (unpaired) electrons. The van der Waals surface area contributed by atoms with Gasteiger partial charge in [-0.15, -0.1) is 0 Å². The highest BCUT2D eigenvalue weighted by atomic mass is 79.9. The number of nitriles is 1. The first-order valence-corrected chi connectivity index (χ1v) is 7.49. The molecule has 0 unspecified atom stereocenters. The number of amides is 1. The molecular weight excluding hydrogens is 387 g/mol. The molecule has 24 heavy (non-hydrogen) atoms. The molecule has 0 fully saturated rings. The van der Waals surface area contributed by atoms with Gasteiger partial charge in [0.2, 0.25) is 5.91 Å². The molecule has 2 rings (SSSR count). The van der Waals surface area contributed by atoms with E-state index in [0.717, 1.165) is 6.07 Å². The number of nitrogens with one attached hydrogen (secondary N) is 2. The number of halogens is 4. The summed E-state index contributed by atoms with van der Waals surface area (Å²) in [6.07, 6.45) is -4.48. The quantitative estimate of drug-likeness (QED) is 0.803. The predicted molar refractivity (Wildman–Crippen MR) is 87.4 cm³/mol. The van der Waals surface area contributed by atoms with Gasteiger partial charge in [-0.05, 0) is 42.5 Å². The number of benzene rings is 2. The predicted octanol–water partition coefficient (Wildman–Crippen LogP) is 4.39. The average molecular weight is 398 g/mol. The summed E-state index contributed by atoms with van der Waals surface area (Å²) in [6.45, 7) is -0.196. The standard InChI is InChI=1S/C16H11BrF3N3O/c17-14-6-5-12(7-13(14)16(18,19)20)22-9-15(24)23-11-3-1-10(8-21)2-4-11/h1-7,22H,9H2,(H,23,24). The van der Waals surface area contributed by atoms with Crippen LogP contribution >= 0.6 is 15.9 Å². The van der Waals surface area contributed by atoms with E-state index in [1.54, 1.807) is 24.3 Å². The van der Waals surface area contributed by atoms with Gasteiger partial charge in [-0.1, -0.05) is 15.9 Å². The van der Waals surface area contributed by atoms with Crippen LogP contribution in [0.25, 0.3) is 0 Å². The maximum Gasteiger partial charge on any atom is 0.417 e. The van der Waals surface area contributed by atoms with Crippen LogP contribution in [0.4, 0.5) is 24.5 Å². The zero-order valence-electron chi connectivity index (χ0n) is 12.1. The van der Waals surface area contributed by atoms with Crippen LogP contribution in [0.3, 0.4) is 0 Å². The Morgan fingerprint density at radius 3 is 2.33 bits per heavy atom. The number of anilines is 2. The summed E-state index contributed by atoms with van der Waals surface area (Å²) in [5.41, 5.74) is 0.314. The maximum atomic E-state index is 12.8. The van der Waals surface area contributed by atoms with E-state index in [0.29, 0.717) is 11.3 Å². The number of alkyl halides is 3. The molecule has 8 heteroatoms. The SMILES string of the molecule is N#Cc1ccc(NC(=O)CNc2ccc(Br)c(C(F)(F)F)c2)cc1. The van der Waals surface area contributed by atoms with E-state index >= 15 is 0 Å². The monoisotopic (exact) mass is 397 g/mol. The van der Waals surface area contributed by atoms with Gasteiger partial charge in [0.05, 0.1) is 23.7 Å². The Morgan fingerprint density at radius 2 is 1.75 bits per heavy atom. The molecule has 4 nitrogen and oxygen atoms in total. The number of carbonyl (C=O) groups is 1. The summed E-state index contributed by atoms with van der Waals surface area (Å²) in [4.78, 5) is 11.8. The summed E-state index contributed by atoms with van der Waals surface area (Å²) in [7, 11) is 0.